The predicted molar refractivity (Wildman–Crippen MR) is 102 cm³/mol. The van der Waals surface area contributed by atoms with Gasteiger partial charge in [0, 0.05) is 39.8 Å². The van der Waals surface area contributed by atoms with E-state index in [9.17, 15) is 8.42 Å². The molecule has 0 spiro atoms. The van der Waals surface area contributed by atoms with E-state index in [2.05, 4.69) is 22.6 Å². The Balaban J connectivity index is 0.00000312. The van der Waals surface area contributed by atoms with Crippen molar-refractivity contribution >= 4 is 22.6 Å². The Morgan fingerprint density at radius 3 is 2.44 bits per heavy atom. The van der Waals surface area contributed by atoms with Gasteiger partial charge in [-0.15, -0.1) is 12.4 Å². The van der Waals surface area contributed by atoms with E-state index >= 15 is 0 Å². The molecule has 1 fully saturated rings. The van der Waals surface area contributed by atoms with Crippen LogP contribution in [-0.2, 0) is 16.8 Å². The number of nitriles is 1. The second kappa shape index (κ2) is 9.51. The zero-order valence-electron chi connectivity index (χ0n) is 15.0. The molecule has 8 heteroatoms. The summed E-state index contributed by atoms with van der Waals surface area (Å²) in [6.07, 6.45) is 2.04. The van der Waals surface area contributed by atoms with Crippen molar-refractivity contribution in [1.29, 1.82) is 5.26 Å². The normalized spacial score (nSPS) is 21.1. The molecule has 1 N–H and O–H groups in total. The molecular weight excluding hydrogens is 360 g/mol. The molecule has 25 heavy (non-hydrogen) atoms. The van der Waals surface area contributed by atoms with E-state index in [1.165, 1.54) is 4.31 Å². The summed E-state index contributed by atoms with van der Waals surface area (Å²) in [7, 11) is -0.333. The molecule has 1 saturated heterocycles. The zero-order valence-corrected chi connectivity index (χ0v) is 16.6. The lowest BCUT2D eigenvalue weighted by atomic mass is 9.99. The van der Waals surface area contributed by atoms with Crippen LogP contribution in [0.3, 0.4) is 0 Å². The predicted octanol–water partition coefficient (Wildman–Crippen LogP) is 1.98. The Hall–Kier alpha value is -1.17. The Kier molecular flexibility index (Phi) is 8.32. The summed E-state index contributed by atoms with van der Waals surface area (Å²) < 4.78 is 28.3. The lowest BCUT2D eigenvalue weighted by Crippen LogP contribution is -2.45. The van der Waals surface area contributed by atoms with Crippen molar-refractivity contribution in [2.45, 2.75) is 32.4 Å². The van der Waals surface area contributed by atoms with E-state index in [1.807, 2.05) is 24.3 Å². The molecule has 1 aliphatic rings. The van der Waals surface area contributed by atoms with Crippen LogP contribution in [0.15, 0.2) is 24.3 Å². The maximum absolute atomic E-state index is 12.1. The third-order valence-corrected chi connectivity index (χ3v) is 6.01. The Morgan fingerprint density at radius 1 is 1.28 bits per heavy atom. The molecule has 0 saturated carbocycles. The van der Waals surface area contributed by atoms with Gasteiger partial charge in [0.05, 0.1) is 11.6 Å². The number of hydrogen-bond acceptors (Lipinski definition) is 4. The van der Waals surface area contributed by atoms with Gasteiger partial charge in [-0.05, 0) is 30.0 Å². The van der Waals surface area contributed by atoms with Gasteiger partial charge < -0.3 is 0 Å². The van der Waals surface area contributed by atoms with E-state index < -0.39 is 10.2 Å². The first-order valence-electron chi connectivity index (χ1n) is 8.27. The second-order valence-corrected chi connectivity index (χ2v) is 8.48. The number of nitrogens with zero attached hydrogens (tertiary/aromatic N) is 3. The summed E-state index contributed by atoms with van der Waals surface area (Å²) in [5, 5.41) is 8.86. The van der Waals surface area contributed by atoms with Crippen LogP contribution in [0.4, 0.5) is 0 Å². The molecular formula is C17H27ClN4O2S. The zero-order chi connectivity index (χ0) is 17.7. The van der Waals surface area contributed by atoms with Crippen LogP contribution < -0.4 is 4.72 Å². The summed E-state index contributed by atoms with van der Waals surface area (Å²) in [6, 6.07) is 9.63. The molecule has 1 heterocycles. The topological polar surface area (TPSA) is 76.4 Å². The molecule has 140 valence electrons. The van der Waals surface area contributed by atoms with Crippen LogP contribution in [0.1, 0.15) is 30.9 Å². The molecule has 2 rings (SSSR count). The SMILES string of the molecule is CCC[C@H]1CN(Cc2ccc(C#N)cc2)C[C@@H]1NS(=O)(=O)N(C)C.Cl. The van der Waals surface area contributed by atoms with Gasteiger partial charge in [0.15, 0.2) is 0 Å². The van der Waals surface area contributed by atoms with E-state index in [0.29, 0.717) is 18.0 Å². The van der Waals surface area contributed by atoms with E-state index in [1.54, 1.807) is 14.1 Å². The number of benzene rings is 1. The van der Waals surface area contributed by atoms with Crippen LogP contribution in [0.2, 0.25) is 0 Å². The minimum absolute atomic E-state index is 0. The number of nitrogens with one attached hydrogen (secondary N) is 1. The lowest BCUT2D eigenvalue weighted by molar-refractivity contribution is 0.312. The standard InChI is InChI=1S/C17H26N4O2S.ClH/c1-4-5-16-12-21(11-15-8-6-14(10-18)7-9-15)13-17(16)19-24(22,23)20(2)3;/h6-9,16-17,19H,4-5,11-13H2,1-3H3;1H/t16-,17-;/m0./s1. The largest absolute Gasteiger partial charge is 0.297 e. The van der Waals surface area contributed by atoms with E-state index in [-0.39, 0.29) is 18.4 Å². The smallest absolute Gasteiger partial charge is 0.279 e. The van der Waals surface area contributed by atoms with Crippen molar-refractivity contribution in [3.05, 3.63) is 35.4 Å². The number of halogens is 1. The van der Waals surface area contributed by atoms with Crippen LogP contribution >= 0.6 is 12.4 Å². The molecule has 0 unspecified atom stereocenters. The third-order valence-electron chi connectivity index (χ3n) is 4.45. The minimum Gasteiger partial charge on any atom is -0.297 e. The van der Waals surface area contributed by atoms with Gasteiger partial charge in [-0.3, -0.25) is 4.90 Å². The van der Waals surface area contributed by atoms with Gasteiger partial charge in [-0.2, -0.15) is 22.7 Å². The molecule has 1 aromatic rings. The minimum atomic E-state index is -3.42. The fourth-order valence-electron chi connectivity index (χ4n) is 3.13. The van der Waals surface area contributed by atoms with Crippen molar-refractivity contribution in [2.75, 3.05) is 27.2 Å². The molecule has 6 nitrogen and oxygen atoms in total. The van der Waals surface area contributed by atoms with Crippen LogP contribution in [0.25, 0.3) is 0 Å². The molecule has 2 atom stereocenters. The van der Waals surface area contributed by atoms with Crippen molar-refractivity contribution in [1.82, 2.24) is 13.9 Å². The van der Waals surface area contributed by atoms with Gasteiger partial charge in [0.1, 0.15) is 0 Å². The Bertz CT molecular complexity index is 686. The van der Waals surface area contributed by atoms with E-state index in [4.69, 9.17) is 5.26 Å². The molecule has 0 radical (unpaired) electrons. The number of rotatable bonds is 7. The van der Waals surface area contributed by atoms with Crippen molar-refractivity contribution in [3.8, 4) is 6.07 Å². The van der Waals surface area contributed by atoms with Crippen molar-refractivity contribution in [3.63, 3.8) is 0 Å². The summed E-state index contributed by atoms with van der Waals surface area (Å²) >= 11 is 0. The average molecular weight is 387 g/mol. The lowest BCUT2D eigenvalue weighted by Gasteiger charge is -2.21. The van der Waals surface area contributed by atoms with Crippen LogP contribution in [0, 0.1) is 17.2 Å². The molecule has 0 bridgehead atoms. The van der Waals surface area contributed by atoms with Crippen molar-refractivity contribution in [2.24, 2.45) is 5.92 Å². The van der Waals surface area contributed by atoms with Gasteiger partial charge in [-0.1, -0.05) is 25.5 Å². The van der Waals surface area contributed by atoms with Gasteiger partial charge >= 0.3 is 0 Å². The first-order chi connectivity index (χ1) is 11.4. The molecule has 0 amide bonds. The highest BCUT2D eigenvalue weighted by atomic mass is 35.5. The summed E-state index contributed by atoms with van der Waals surface area (Å²) in [5.41, 5.74) is 1.79. The first kappa shape index (κ1) is 21.9. The van der Waals surface area contributed by atoms with Gasteiger partial charge in [0.25, 0.3) is 10.2 Å². The second-order valence-electron chi connectivity index (χ2n) is 6.56. The molecule has 0 aromatic heterocycles. The van der Waals surface area contributed by atoms with Crippen LogP contribution in [0.5, 0.6) is 0 Å². The molecule has 0 aliphatic carbocycles. The highest BCUT2D eigenvalue weighted by molar-refractivity contribution is 7.87. The Morgan fingerprint density at radius 2 is 1.92 bits per heavy atom. The van der Waals surface area contributed by atoms with Crippen LogP contribution in [-0.4, -0.2) is 50.8 Å². The van der Waals surface area contributed by atoms with E-state index in [0.717, 1.165) is 31.5 Å². The summed E-state index contributed by atoms with van der Waals surface area (Å²) in [6.45, 7) is 4.49. The summed E-state index contributed by atoms with van der Waals surface area (Å²) in [4.78, 5) is 2.28. The maximum atomic E-state index is 12.1. The highest BCUT2D eigenvalue weighted by Crippen LogP contribution is 2.24. The fraction of sp³-hybridized carbons (Fsp3) is 0.588. The molecule has 1 aromatic carbocycles. The highest BCUT2D eigenvalue weighted by Gasteiger charge is 2.35. The quantitative estimate of drug-likeness (QED) is 0.777. The maximum Gasteiger partial charge on any atom is 0.279 e. The summed E-state index contributed by atoms with van der Waals surface area (Å²) in [5.74, 6) is 0.322. The number of likely N-dealkylation sites (tertiary alicyclic amines) is 1. The first-order valence-corrected chi connectivity index (χ1v) is 9.71. The van der Waals surface area contributed by atoms with Gasteiger partial charge in [0.2, 0.25) is 0 Å². The third kappa shape index (κ3) is 5.94. The Labute approximate surface area is 157 Å². The monoisotopic (exact) mass is 386 g/mol. The fourth-order valence-corrected chi connectivity index (χ4v) is 3.99. The van der Waals surface area contributed by atoms with Crippen molar-refractivity contribution < 1.29 is 8.42 Å². The van der Waals surface area contributed by atoms with Gasteiger partial charge in [-0.25, -0.2) is 0 Å². The number of hydrogen-bond donors (Lipinski definition) is 1. The average Bonchev–Trinajstić information content (AvgIpc) is 2.89. The molecule has 1 aliphatic heterocycles.